The molecule has 5 rings (SSSR count). The average molecular weight is 502 g/mol. The van der Waals surface area contributed by atoms with Crippen molar-refractivity contribution in [3.05, 3.63) is 36.0 Å². The van der Waals surface area contributed by atoms with E-state index in [1.165, 1.54) is 0 Å². The van der Waals surface area contributed by atoms with Gasteiger partial charge in [0.15, 0.2) is 15.7 Å². The molecule has 3 fully saturated rings. The number of carbonyl (C=O) groups excluding carboxylic acids is 1. The maximum atomic E-state index is 13.3. The number of rotatable bonds is 8. The van der Waals surface area contributed by atoms with E-state index in [9.17, 15) is 13.2 Å². The average Bonchev–Trinajstić information content (AvgIpc) is 3.76. The van der Waals surface area contributed by atoms with Gasteiger partial charge in [-0.1, -0.05) is 0 Å². The number of nitrogens with zero attached hydrogens (tertiary/aromatic N) is 3. The summed E-state index contributed by atoms with van der Waals surface area (Å²) in [7, 11) is -3.30. The molecule has 35 heavy (non-hydrogen) atoms. The summed E-state index contributed by atoms with van der Waals surface area (Å²) in [6.07, 6.45) is 2.64. The molecular formula is C24H31N5O5S. The van der Waals surface area contributed by atoms with Crippen LogP contribution in [-0.2, 0) is 19.3 Å². The highest BCUT2D eigenvalue weighted by molar-refractivity contribution is 7.93. The fraction of sp³-hybridized carbons (Fsp3) is 0.542. The molecule has 1 atom stereocenters. The maximum absolute atomic E-state index is 13.3. The fourth-order valence-corrected chi connectivity index (χ4v) is 7.02. The Bertz CT molecular complexity index is 1200. The van der Waals surface area contributed by atoms with Crippen LogP contribution in [0, 0.1) is 0 Å². The molecule has 10 nitrogen and oxygen atoms in total. The summed E-state index contributed by atoms with van der Waals surface area (Å²) in [5.74, 6) is 1.17. The molecule has 2 amide bonds. The molecule has 1 aromatic carbocycles. The van der Waals surface area contributed by atoms with E-state index in [0.29, 0.717) is 55.6 Å². The lowest BCUT2D eigenvalue weighted by atomic mass is 10.1. The molecule has 2 heterocycles. The number of hydrogen-bond acceptors (Lipinski definition) is 8. The van der Waals surface area contributed by atoms with Crippen molar-refractivity contribution in [1.29, 1.82) is 0 Å². The molecular weight excluding hydrogens is 470 g/mol. The molecule has 188 valence electrons. The van der Waals surface area contributed by atoms with E-state index in [4.69, 9.17) is 19.8 Å². The molecule has 11 heteroatoms. The minimum Gasteiger partial charge on any atom is -0.395 e. The zero-order chi connectivity index (χ0) is 24.6. The van der Waals surface area contributed by atoms with Crippen LogP contribution in [0.2, 0.25) is 0 Å². The number of nitrogens with one attached hydrogen (secondary N) is 2. The SMILES string of the molecule is C[C@H]1COCCN1c1cc(C2(S(=O)(=O)C3CC3)CC2)nc(-c2ccc(NC(=O)NCCO)cc2)n1. The van der Waals surface area contributed by atoms with Crippen LogP contribution < -0.4 is 15.5 Å². The number of amides is 2. The molecule has 2 aromatic rings. The Morgan fingerprint density at radius 3 is 2.60 bits per heavy atom. The highest BCUT2D eigenvalue weighted by Gasteiger charge is 2.61. The normalized spacial score (nSPS) is 21.4. The summed E-state index contributed by atoms with van der Waals surface area (Å²) in [5, 5.41) is 13.8. The molecule has 0 spiro atoms. The number of urea groups is 1. The Balaban J connectivity index is 1.49. The summed E-state index contributed by atoms with van der Waals surface area (Å²) < 4.78 is 31.4. The summed E-state index contributed by atoms with van der Waals surface area (Å²) in [6, 6.07) is 8.67. The van der Waals surface area contributed by atoms with Crippen molar-refractivity contribution in [2.45, 2.75) is 48.6 Å². The van der Waals surface area contributed by atoms with Crippen molar-refractivity contribution in [3.63, 3.8) is 0 Å². The second-order valence-electron chi connectivity index (χ2n) is 9.47. The summed E-state index contributed by atoms with van der Waals surface area (Å²) in [6.45, 7) is 3.94. The first-order chi connectivity index (χ1) is 16.8. The Morgan fingerprint density at radius 1 is 1.23 bits per heavy atom. The van der Waals surface area contributed by atoms with Crippen molar-refractivity contribution in [3.8, 4) is 11.4 Å². The third-order valence-corrected chi connectivity index (χ3v) is 9.91. The monoisotopic (exact) mass is 501 g/mol. The highest BCUT2D eigenvalue weighted by atomic mass is 32.2. The zero-order valence-corrected chi connectivity index (χ0v) is 20.6. The lowest BCUT2D eigenvalue weighted by Gasteiger charge is -2.34. The third kappa shape index (κ3) is 4.72. The van der Waals surface area contributed by atoms with Gasteiger partial charge in [-0.15, -0.1) is 0 Å². The lowest BCUT2D eigenvalue weighted by Crippen LogP contribution is -2.44. The minimum absolute atomic E-state index is 0.110. The van der Waals surface area contributed by atoms with E-state index < -0.39 is 20.6 Å². The highest BCUT2D eigenvalue weighted by Crippen LogP contribution is 2.57. The Labute approximate surface area is 205 Å². The molecule has 0 radical (unpaired) electrons. The minimum atomic E-state index is -3.30. The number of aliphatic hydroxyl groups is 1. The predicted octanol–water partition coefficient (Wildman–Crippen LogP) is 2.05. The molecule has 2 aliphatic carbocycles. The molecule has 3 N–H and O–H groups in total. The van der Waals surface area contributed by atoms with Crippen molar-refractivity contribution < 1.29 is 23.1 Å². The number of ether oxygens (including phenoxy) is 1. The molecule has 3 aliphatic rings. The smallest absolute Gasteiger partial charge is 0.319 e. The molecule has 1 aliphatic heterocycles. The number of aromatic nitrogens is 2. The molecule has 1 saturated heterocycles. The number of morpholine rings is 1. The molecule has 0 bridgehead atoms. The van der Waals surface area contributed by atoms with Crippen LogP contribution in [0.25, 0.3) is 11.4 Å². The molecule has 0 unspecified atom stereocenters. The Kier molecular flexibility index (Phi) is 6.41. The van der Waals surface area contributed by atoms with Crippen LogP contribution in [0.1, 0.15) is 38.3 Å². The van der Waals surface area contributed by atoms with Crippen molar-refractivity contribution in [2.75, 3.05) is 43.1 Å². The van der Waals surface area contributed by atoms with Gasteiger partial charge in [0.1, 0.15) is 10.6 Å². The number of benzene rings is 1. The van der Waals surface area contributed by atoms with Crippen LogP contribution in [0.4, 0.5) is 16.3 Å². The molecule has 1 aromatic heterocycles. The van der Waals surface area contributed by atoms with E-state index in [0.717, 1.165) is 18.4 Å². The maximum Gasteiger partial charge on any atom is 0.319 e. The van der Waals surface area contributed by atoms with Crippen molar-refractivity contribution in [1.82, 2.24) is 15.3 Å². The van der Waals surface area contributed by atoms with Gasteiger partial charge < -0.3 is 25.4 Å². The Morgan fingerprint density at radius 2 is 1.97 bits per heavy atom. The number of hydrogen-bond donors (Lipinski definition) is 3. The van der Waals surface area contributed by atoms with E-state index in [1.807, 2.05) is 18.2 Å². The van der Waals surface area contributed by atoms with Crippen LogP contribution in [-0.4, -0.2) is 73.7 Å². The summed E-state index contributed by atoms with van der Waals surface area (Å²) in [4.78, 5) is 23.6. The van der Waals surface area contributed by atoms with E-state index >= 15 is 0 Å². The van der Waals surface area contributed by atoms with E-state index in [2.05, 4.69) is 22.5 Å². The van der Waals surface area contributed by atoms with Crippen molar-refractivity contribution in [2.24, 2.45) is 0 Å². The van der Waals surface area contributed by atoms with E-state index in [-0.39, 0.29) is 24.4 Å². The fourth-order valence-electron chi connectivity index (χ4n) is 4.56. The van der Waals surface area contributed by atoms with Gasteiger partial charge in [0.2, 0.25) is 0 Å². The second-order valence-corrected chi connectivity index (χ2v) is 12.0. The van der Waals surface area contributed by atoms with Crippen LogP contribution in [0.15, 0.2) is 30.3 Å². The first-order valence-electron chi connectivity index (χ1n) is 12.1. The number of aliphatic hydroxyl groups excluding tert-OH is 1. The topological polar surface area (TPSA) is 134 Å². The predicted molar refractivity (Wildman–Crippen MR) is 132 cm³/mol. The van der Waals surface area contributed by atoms with Gasteiger partial charge in [-0.25, -0.2) is 23.2 Å². The zero-order valence-electron chi connectivity index (χ0n) is 19.7. The van der Waals surface area contributed by atoms with Crippen LogP contribution in [0.5, 0.6) is 0 Å². The summed E-state index contributed by atoms with van der Waals surface area (Å²) >= 11 is 0. The Hall–Kier alpha value is -2.76. The van der Waals surface area contributed by atoms with Crippen LogP contribution >= 0.6 is 0 Å². The third-order valence-electron chi connectivity index (χ3n) is 6.85. The first kappa shape index (κ1) is 24.0. The van der Waals surface area contributed by atoms with Crippen molar-refractivity contribution >= 4 is 27.4 Å². The van der Waals surface area contributed by atoms with Crippen LogP contribution in [0.3, 0.4) is 0 Å². The number of anilines is 2. The second kappa shape index (κ2) is 9.36. The van der Waals surface area contributed by atoms with Gasteiger partial charge >= 0.3 is 6.03 Å². The standard InChI is InChI=1S/C24H31N5O5S/c1-16-15-34-13-11-29(16)21-14-20(24(8-9-24)35(32,33)19-6-7-19)27-22(28-21)17-2-4-18(5-3-17)26-23(31)25-10-12-30/h2-5,14,16,19,30H,6-13,15H2,1H3,(H2,25,26,31)/t16-/m0/s1. The van der Waals surface area contributed by atoms with Gasteiger partial charge in [0.25, 0.3) is 0 Å². The first-order valence-corrected chi connectivity index (χ1v) is 13.6. The van der Waals surface area contributed by atoms with Gasteiger partial charge in [-0.2, -0.15) is 0 Å². The number of sulfone groups is 1. The quantitative estimate of drug-likeness (QED) is 0.500. The van der Waals surface area contributed by atoms with Gasteiger partial charge in [0.05, 0.1) is 36.8 Å². The van der Waals surface area contributed by atoms with Gasteiger partial charge in [-0.3, -0.25) is 0 Å². The summed E-state index contributed by atoms with van der Waals surface area (Å²) in [5.41, 5.74) is 1.89. The lowest BCUT2D eigenvalue weighted by molar-refractivity contribution is 0.0985. The number of carbonyl (C=O) groups is 1. The van der Waals surface area contributed by atoms with Gasteiger partial charge in [0, 0.05) is 30.4 Å². The molecule has 2 saturated carbocycles. The largest absolute Gasteiger partial charge is 0.395 e. The van der Waals surface area contributed by atoms with Gasteiger partial charge in [-0.05, 0) is 56.9 Å². The van der Waals surface area contributed by atoms with E-state index in [1.54, 1.807) is 12.1 Å².